The molecule has 8 rings (SSSR count). The molecule has 35 heteroatoms. The number of carbonyl (C=O) groups is 13. The van der Waals surface area contributed by atoms with Gasteiger partial charge in [0.15, 0.2) is 5.96 Å². The summed E-state index contributed by atoms with van der Waals surface area (Å²) in [6, 6.07) is 17.2. The summed E-state index contributed by atoms with van der Waals surface area (Å²) in [7, 11) is 0. The van der Waals surface area contributed by atoms with Crippen LogP contribution in [0, 0.1) is 29.1 Å². The van der Waals surface area contributed by atoms with Crippen molar-refractivity contribution in [1.82, 2.24) is 88.7 Å². The first-order valence-electron chi connectivity index (χ1n) is 43.3. The van der Waals surface area contributed by atoms with Crippen LogP contribution in [-0.4, -0.2) is 206 Å². The lowest BCUT2D eigenvalue weighted by Crippen LogP contribution is -2.61. The first-order chi connectivity index (χ1) is 59.3. The molecule has 14 atom stereocenters. The second-order valence-electron chi connectivity index (χ2n) is 33.7. The van der Waals surface area contributed by atoms with E-state index in [-0.39, 0.29) is 146 Å². The van der Waals surface area contributed by atoms with Crippen molar-refractivity contribution < 1.29 is 62.3 Å². The van der Waals surface area contributed by atoms with Gasteiger partial charge in [-0.3, -0.25) is 72.4 Å². The molecule has 22 N–H and O–H groups in total. The van der Waals surface area contributed by atoms with Crippen molar-refractivity contribution in [1.29, 1.82) is 5.41 Å². The number of unbranched alkanes of at least 4 members (excludes halogenated alkanes) is 1. The molecule has 0 aliphatic carbocycles. The molecule has 4 heterocycles. The normalized spacial score (nSPS) is 19.4. The summed E-state index contributed by atoms with van der Waals surface area (Å²) in [5.74, 6) is -11.3. The molecular formula is C89H128N22O13. The van der Waals surface area contributed by atoms with E-state index in [9.17, 15) is 24.0 Å². The Balaban J connectivity index is 1.12. The summed E-state index contributed by atoms with van der Waals surface area (Å²) in [5, 5.41) is 51.4. The monoisotopic (exact) mass is 1710 g/mol. The molecule has 0 spiro atoms. The molecule has 2 aromatic heterocycles. The number of para-hydroxylation sites is 1. The molecule has 6 aromatic rings. The minimum absolute atomic E-state index is 0.0233. The Kier molecular flexibility index (Phi) is 38.2. The highest BCUT2D eigenvalue weighted by atomic mass is 16.2. The van der Waals surface area contributed by atoms with Crippen LogP contribution in [0.1, 0.15) is 167 Å². The number of nitrogens with zero attached hydrogens (tertiary/aromatic N) is 4. The van der Waals surface area contributed by atoms with Crippen molar-refractivity contribution in [3.8, 4) is 0 Å². The predicted octanol–water partition coefficient (Wildman–Crippen LogP) is 1.78. The lowest BCUT2D eigenvalue weighted by atomic mass is 9.96. The highest BCUT2D eigenvalue weighted by Crippen LogP contribution is 2.25. The van der Waals surface area contributed by atoms with Gasteiger partial charge in [-0.2, -0.15) is 0 Å². The molecule has 124 heavy (non-hydrogen) atoms. The number of carbonyl (C=O) groups excluding carboxylic acids is 13. The highest BCUT2D eigenvalue weighted by Gasteiger charge is 2.43. The first kappa shape index (κ1) is 97.3. The topological polar surface area (TPSA) is 544 Å². The quantitative estimate of drug-likeness (QED) is 0.0149. The van der Waals surface area contributed by atoms with Gasteiger partial charge < -0.3 is 96.6 Å². The van der Waals surface area contributed by atoms with Gasteiger partial charge in [-0.25, -0.2) is 0 Å². The van der Waals surface area contributed by atoms with E-state index in [4.69, 9.17) is 28.3 Å². The van der Waals surface area contributed by atoms with Crippen LogP contribution >= 0.6 is 0 Å². The zero-order valence-electron chi connectivity index (χ0n) is 72.4. The molecule has 35 nitrogen and oxygen atoms in total. The Hall–Kier alpha value is -12.1. The Morgan fingerprint density at radius 1 is 0.573 bits per heavy atom. The van der Waals surface area contributed by atoms with Crippen LogP contribution in [0.15, 0.2) is 128 Å². The van der Waals surface area contributed by atoms with E-state index in [1.54, 1.807) is 93.8 Å². The lowest BCUT2D eigenvalue weighted by Gasteiger charge is -2.32. The van der Waals surface area contributed by atoms with Crippen LogP contribution in [0.2, 0.25) is 0 Å². The minimum Gasteiger partial charge on any atom is -0.370 e. The van der Waals surface area contributed by atoms with Crippen LogP contribution in [0.3, 0.4) is 0 Å². The van der Waals surface area contributed by atoms with Crippen molar-refractivity contribution >= 4 is 93.7 Å². The summed E-state index contributed by atoms with van der Waals surface area (Å²) in [4.78, 5) is 197. The molecule has 1 fully saturated rings. The van der Waals surface area contributed by atoms with E-state index < -0.39 is 167 Å². The van der Waals surface area contributed by atoms with Crippen molar-refractivity contribution in [3.63, 3.8) is 0 Å². The summed E-state index contributed by atoms with van der Waals surface area (Å²) < 4.78 is 1.48. The van der Waals surface area contributed by atoms with Gasteiger partial charge in [0, 0.05) is 68.6 Å². The van der Waals surface area contributed by atoms with E-state index in [0.29, 0.717) is 36.0 Å². The number of nitrogens with one attached hydrogen (secondary N) is 14. The number of aromatic nitrogens is 4. The number of aromatic amines is 1. The number of aryl methyl sites for hydroxylation is 1. The third kappa shape index (κ3) is 30.1. The number of fused-ring (bicyclic) bond motifs is 3. The number of guanidine groups is 1. The molecule has 4 aromatic carbocycles. The number of amides is 13. The number of H-pyrrole nitrogens is 1. The fourth-order valence-corrected chi connectivity index (χ4v) is 15.3. The number of rotatable bonds is 39. The Morgan fingerprint density at radius 2 is 1.17 bits per heavy atom. The molecule has 2 bridgehead atoms. The average molecular weight is 1710 g/mol. The minimum atomic E-state index is -1.59. The summed E-state index contributed by atoms with van der Waals surface area (Å²) in [5.41, 5.74) is 27.3. The van der Waals surface area contributed by atoms with E-state index in [2.05, 4.69) is 79.1 Å². The van der Waals surface area contributed by atoms with Crippen LogP contribution in [-0.2, 0) is 101 Å². The maximum atomic E-state index is 15.6. The summed E-state index contributed by atoms with van der Waals surface area (Å²) >= 11 is 0. The van der Waals surface area contributed by atoms with Crippen LogP contribution in [0.25, 0.3) is 10.9 Å². The van der Waals surface area contributed by atoms with Crippen molar-refractivity contribution in [2.45, 2.75) is 256 Å². The van der Waals surface area contributed by atoms with E-state index >= 15 is 38.4 Å². The van der Waals surface area contributed by atoms with Gasteiger partial charge in [-0.05, 0) is 142 Å². The zero-order chi connectivity index (χ0) is 90.1. The molecule has 0 radical (unpaired) electrons. The number of hydrogen-bond donors (Lipinski definition) is 18. The smallest absolute Gasteiger partial charge is 0.246 e. The zero-order valence-corrected chi connectivity index (χ0v) is 72.4. The van der Waals surface area contributed by atoms with Crippen molar-refractivity contribution in [2.24, 2.45) is 46.6 Å². The molecule has 0 saturated carbocycles. The second kappa shape index (κ2) is 48.6. The second-order valence-corrected chi connectivity index (χ2v) is 33.7. The van der Waals surface area contributed by atoms with Gasteiger partial charge >= 0.3 is 0 Å². The SMILES string of the molecule is CC[C@H](C)[C@H](NC(=O)[C@H](CCCNC(=N)N)NC(=O)[C@@H]1CCCCn2cc(nn2)C[C@H](NC(=O)[C@H](Cc2ccccc2)NC(=O)[C@H](Cc2c[nH]c3ccccc23)NC(=O)[C@@H]2CCCN2C(=O)[C@@H](NC(=O)[C@@H](N)Cc2ccccc2)C(C)C)C(=O)N[C@@H](CCCCN)C(=O)N[C@@H](Cc2ccccc2)C(=O)N[C@@H](CC(C)C)C(=O)N1)C(=O)N[C@@H](CC(C)C)C(N)=O. The average Bonchev–Trinajstić information content (AvgIpc) is 1.66. The molecule has 2 aliphatic rings. The maximum Gasteiger partial charge on any atom is 0.246 e. The van der Waals surface area contributed by atoms with E-state index in [0.717, 1.165) is 16.5 Å². The molecular weight excluding hydrogens is 1590 g/mol. The lowest BCUT2D eigenvalue weighted by molar-refractivity contribution is -0.143. The molecule has 13 amide bonds. The number of nitrogens with two attached hydrogens (primary N) is 4. The fourth-order valence-electron chi connectivity index (χ4n) is 15.3. The summed E-state index contributed by atoms with van der Waals surface area (Å²) in [6.07, 6.45) is 5.13. The first-order valence-corrected chi connectivity index (χ1v) is 43.3. The van der Waals surface area contributed by atoms with E-state index in [1.165, 1.54) is 9.58 Å². The number of benzene rings is 4. The van der Waals surface area contributed by atoms with Crippen LogP contribution in [0.5, 0.6) is 0 Å². The van der Waals surface area contributed by atoms with Gasteiger partial charge in [0.1, 0.15) is 72.5 Å². The number of likely N-dealkylation sites (tertiary alicyclic amines) is 1. The van der Waals surface area contributed by atoms with Gasteiger partial charge in [-0.1, -0.05) is 176 Å². The standard InChI is InChI=1S/C89H128N22O13/c1-9-55(8)75(87(123)100-67(76(92)112)43-52(2)3)107-80(116)66(37-25-40-95-89(93)94)97-78(114)65-36-22-24-41-110-51-60(108-109-110)49-72(85(121)99-64(35-21-23-39-90)79(115)102-69(46-57-29-15-11-16-30-57)82(118)101-68(44-53(4)5)81(117)98-65)104-83(119)70(47-58-31-17-12-18-32-58)103-84(120)71(48-59-50-96-63-34-20-19-33-61(59)63)105-86(122)73-38-26-42-111(73)88(124)74(54(6)7)106-77(113)62(91)45-56-27-13-10-14-28-56/h10-20,27-34,50-55,62,64-75,96H,9,21-26,35-49,90-91H2,1-8H3,(H2,92,112)(H,97,114)(H,98,117)(H,99,121)(H,100,123)(H,101,118)(H,102,115)(H,103,120)(H,104,119)(H,105,122)(H,106,113)(H,107,116)(H4,93,94,95)/t55-,62-,64-,65-,66-,67-,68-,69-,70-,71-,72-,73-,74-,75-/m0/s1. The highest BCUT2D eigenvalue weighted by molar-refractivity contribution is 6.01. The van der Waals surface area contributed by atoms with Gasteiger partial charge in [0.2, 0.25) is 76.8 Å². The summed E-state index contributed by atoms with van der Waals surface area (Å²) in [6.45, 7) is 15.1. The molecule has 2 aliphatic heterocycles. The third-order valence-corrected chi connectivity index (χ3v) is 22.4. The van der Waals surface area contributed by atoms with Crippen molar-refractivity contribution in [2.75, 3.05) is 19.6 Å². The van der Waals surface area contributed by atoms with Gasteiger partial charge in [0.25, 0.3) is 0 Å². The predicted molar refractivity (Wildman–Crippen MR) is 468 cm³/mol. The Morgan fingerprint density at radius 3 is 1.81 bits per heavy atom. The van der Waals surface area contributed by atoms with E-state index in [1.807, 2.05) is 89.2 Å². The fraction of sp³-hybridized carbons (Fsp3) is 0.528. The Labute approximate surface area is 724 Å². The molecule has 0 unspecified atom stereocenters. The number of hydrogen-bond acceptors (Lipinski definition) is 18. The largest absolute Gasteiger partial charge is 0.370 e. The van der Waals surface area contributed by atoms with Crippen LogP contribution < -0.4 is 86.7 Å². The molecule has 1 saturated heterocycles. The van der Waals surface area contributed by atoms with Gasteiger partial charge in [0.05, 0.1) is 11.7 Å². The maximum absolute atomic E-state index is 15.6. The number of primary amides is 1. The molecule has 672 valence electrons. The third-order valence-electron chi connectivity index (χ3n) is 22.4. The Bertz CT molecular complexity index is 4560. The van der Waals surface area contributed by atoms with Gasteiger partial charge in [-0.15, -0.1) is 5.10 Å². The van der Waals surface area contributed by atoms with Crippen LogP contribution in [0.4, 0.5) is 0 Å². The van der Waals surface area contributed by atoms with Crippen molar-refractivity contribution in [3.05, 3.63) is 156 Å².